The lowest BCUT2D eigenvalue weighted by molar-refractivity contribution is -0.133. The van der Waals surface area contributed by atoms with E-state index in [4.69, 9.17) is 16.3 Å². The van der Waals surface area contributed by atoms with Gasteiger partial charge >= 0.3 is 0 Å². The van der Waals surface area contributed by atoms with Crippen molar-refractivity contribution in [2.45, 2.75) is 38.6 Å². The zero-order valence-electron chi connectivity index (χ0n) is 12.3. The average molecular weight is 297 g/mol. The van der Waals surface area contributed by atoms with Gasteiger partial charge in [0.15, 0.2) is 0 Å². The number of rotatable bonds is 4. The summed E-state index contributed by atoms with van der Waals surface area (Å²) >= 11 is 5.92. The molecule has 0 radical (unpaired) electrons. The molecule has 0 aromatic heterocycles. The third-order valence-electron chi connectivity index (χ3n) is 3.66. The lowest BCUT2D eigenvalue weighted by atomic mass is 10.1. The van der Waals surface area contributed by atoms with Crippen LogP contribution >= 0.6 is 11.6 Å². The maximum atomic E-state index is 12.3. The fourth-order valence-corrected chi connectivity index (χ4v) is 2.47. The van der Waals surface area contributed by atoms with E-state index in [1.54, 1.807) is 7.11 Å². The van der Waals surface area contributed by atoms with Crippen LogP contribution < -0.4 is 5.32 Å². The summed E-state index contributed by atoms with van der Waals surface area (Å²) in [6.07, 6.45) is -0.135. The van der Waals surface area contributed by atoms with Gasteiger partial charge in [0.05, 0.1) is 18.2 Å². The van der Waals surface area contributed by atoms with E-state index in [9.17, 15) is 4.79 Å². The number of nitrogens with one attached hydrogen (secondary N) is 1. The quantitative estimate of drug-likeness (QED) is 0.928. The van der Waals surface area contributed by atoms with E-state index in [0.717, 1.165) is 5.56 Å². The molecule has 0 bridgehead atoms. The van der Waals surface area contributed by atoms with E-state index in [1.807, 2.05) is 49.9 Å². The number of hydrogen-bond acceptors (Lipinski definition) is 3. The van der Waals surface area contributed by atoms with Gasteiger partial charge < -0.3 is 9.64 Å². The molecular weight excluding hydrogens is 276 g/mol. The molecule has 2 unspecified atom stereocenters. The molecule has 0 spiro atoms. The molecule has 0 aliphatic carbocycles. The van der Waals surface area contributed by atoms with Crippen LogP contribution in [0.25, 0.3) is 0 Å². The van der Waals surface area contributed by atoms with Crippen LogP contribution in [0.3, 0.4) is 0 Å². The molecule has 5 heteroatoms. The number of ether oxygens (including phenoxy) is 1. The van der Waals surface area contributed by atoms with Crippen LogP contribution in [0.2, 0.25) is 5.02 Å². The Morgan fingerprint density at radius 2 is 1.95 bits per heavy atom. The molecular formula is C15H21ClN2O2. The van der Waals surface area contributed by atoms with Crippen LogP contribution in [0.5, 0.6) is 0 Å². The SMILES string of the molecule is COC(C)(C)CN1C(=O)C(C)NC1c1ccc(Cl)cc1. The van der Waals surface area contributed by atoms with Crippen molar-refractivity contribution in [2.75, 3.05) is 13.7 Å². The molecule has 2 atom stereocenters. The maximum Gasteiger partial charge on any atom is 0.241 e. The Balaban J connectivity index is 2.26. The van der Waals surface area contributed by atoms with E-state index >= 15 is 0 Å². The molecule has 1 amide bonds. The molecule has 1 saturated heterocycles. The first kappa shape index (κ1) is 15.3. The van der Waals surface area contributed by atoms with E-state index in [0.29, 0.717) is 11.6 Å². The molecule has 110 valence electrons. The van der Waals surface area contributed by atoms with Gasteiger partial charge in [0.1, 0.15) is 6.17 Å². The molecule has 1 aliphatic heterocycles. The van der Waals surface area contributed by atoms with Gasteiger partial charge in [0.2, 0.25) is 5.91 Å². The molecule has 1 aromatic carbocycles. The number of halogens is 1. The number of amides is 1. The molecule has 0 saturated carbocycles. The summed E-state index contributed by atoms with van der Waals surface area (Å²) in [5.74, 6) is 0.0927. The van der Waals surface area contributed by atoms with Gasteiger partial charge in [-0.25, -0.2) is 0 Å². The summed E-state index contributed by atoms with van der Waals surface area (Å²) in [6.45, 7) is 6.36. The molecule has 1 aliphatic rings. The Morgan fingerprint density at radius 1 is 1.35 bits per heavy atom. The minimum atomic E-state index is -0.383. The van der Waals surface area contributed by atoms with Crippen molar-refractivity contribution in [1.29, 1.82) is 0 Å². The fraction of sp³-hybridized carbons (Fsp3) is 0.533. The molecule has 1 heterocycles. The topological polar surface area (TPSA) is 41.6 Å². The lowest BCUT2D eigenvalue weighted by Gasteiger charge is -2.32. The van der Waals surface area contributed by atoms with Crippen LogP contribution in [0.1, 0.15) is 32.5 Å². The number of benzene rings is 1. The van der Waals surface area contributed by atoms with E-state index < -0.39 is 0 Å². The first-order valence-electron chi connectivity index (χ1n) is 6.71. The first-order chi connectivity index (χ1) is 9.34. The Labute approximate surface area is 125 Å². The molecule has 2 rings (SSSR count). The van der Waals surface area contributed by atoms with Crippen molar-refractivity contribution >= 4 is 17.5 Å². The highest BCUT2D eigenvalue weighted by Crippen LogP contribution is 2.28. The average Bonchev–Trinajstić information content (AvgIpc) is 2.68. The largest absolute Gasteiger partial charge is 0.377 e. The summed E-state index contributed by atoms with van der Waals surface area (Å²) < 4.78 is 5.44. The molecule has 1 aromatic rings. The van der Waals surface area contributed by atoms with Crippen molar-refractivity contribution in [3.05, 3.63) is 34.9 Å². The summed E-state index contributed by atoms with van der Waals surface area (Å²) in [7, 11) is 1.66. The second-order valence-corrected chi connectivity index (χ2v) is 6.21. The molecule has 1 N–H and O–H groups in total. The standard InChI is InChI=1S/C15H21ClN2O2/c1-10-14(19)18(9-15(2,3)20-4)13(17-10)11-5-7-12(16)8-6-11/h5-8,10,13,17H,9H2,1-4H3. The number of carbonyl (C=O) groups excluding carboxylic acids is 1. The molecule has 1 fully saturated rings. The summed E-state index contributed by atoms with van der Waals surface area (Å²) in [4.78, 5) is 14.2. The highest BCUT2D eigenvalue weighted by molar-refractivity contribution is 6.30. The van der Waals surface area contributed by atoms with Gasteiger partial charge in [-0.3, -0.25) is 10.1 Å². The van der Waals surface area contributed by atoms with Gasteiger partial charge in [-0.2, -0.15) is 0 Å². The van der Waals surface area contributed by atoms with Crippen molar-refractivity contribution < 1.29 is 9.53 Å². The van der Waals surface area contributed by atoms with Gasteiger partial charge in [-0.15, -0.1) is 0 Å². The number of hydrogen-bond donors (Lipinski definition) is 1. The second-order valence-electron chi connectivity index (χ2n) is 5.77. The highest BCUT2D eigenvalue weighted by Gasteiger charge is 2.39. The van der Waals surface area contributed by atoms with Gasteiger partial charge in [0.25, 0.3) is 0 Å². The first-order valence-corrected chi connectivity index (χ1v) is 7.09. The Bertz CT molecular complexity index is 487. The zero-order chi connectivity index (χ0) is 14.9. The Morgan fingerprint density at radius 3 is 2.50 bits per heavy atom. The fourth-order valence-electron chi connectivity index (χ4n) is 2.34. The van der Waals surface area contributed by atoms with Gasteiger partial charge in [0, 0.05) is 12.1 Å². The third-order valence-corrected chi connectivity index (χ3v) is 3.91. The second kappa shape index (κ2) is 5.72. The van der Waals surface area contributed by atoms with Crippen LogP contribution in [0, 0.1) is 0 Å². The van der Waals surface area contributed by atoms with Gasteiger partial charge in [-0.05, 0) is 38.5 Å². The predicted molar refractivity (Wildman–Crippen MR) is 79.6 cm³/mol. The van der Waals surface area contributed by atoms with Crippen molar-refractivity contribution in [1.82, 2.24) is 10.2 Å². The Kier molecular flexibility index (Phi) is 4.37. The van der Waals surface area contributed by atoms with Crippen molar-refractivity contribution in [2.24, 2.45) is 0 Å². The van der Waals surface area contributed by atoms with Crippen molar-refractivity contribution in [3.63, 3.8) is 0 Å². The smallest absolute Gasteiger partial charge is 0.241 e. The van der Waals surface area contributed by atoms with Crippen LogP contribution in [-0.2, 0) is 9.53 Å². The predicted octanol–water partition coefficient (Wildman–Crippen LogP) is 2.58. The van der Waals surface area contributed by atoms with E-state index in [2.05, 4.69) is 5.32 Å². The van der Waals surface area contributed by atoms with Crippen LogP contribution in [0.15, 0.2) is 24.3 Å². The highest BCUT2D eigenvalue weighted by atomic mass is 35.5. The number of nitrogens with zero attached hydrogens (tertiary/aromatic N) is 1. The summed E-state index contributed by atoms with van der Waals surface area (Å²) in [5, 5.41) is 4.00. The van der Waals surface area contributed by atoms with E-state index in [1.165, 1.54) is 0 Å². The maximum absolute atomic E-state index is 12.3. The van der Waals surface area contributed by atoms with E-state index in [-0.39, 0.29) is 23.7 Å². The lowest BCUT2D eigenvalue weighted by Crippen LogP contribution is -2.43. The summed E-state index contributed by atoms with van der Waals surface area (Å²) in [6, 6.07) is 7.37. The monoisotopic (exact) mass is 296 g/mol. The third kappa shape index (κ3) is 3.14. The number of methoxy groups -OCH3 is 1. The molecule has 4 nitrogen and oxygen atoms in total. The summed E-state index contributed by atoms with van der Waals surface area (Å²) in [5.41, 5.74) is 0.644. The molecule has 20 heavy (non-hydrogen) atoms. The normalized spacial score (nSPS) is 23.4. The van der Waals surface area contributed by atoms with Crippen LogP contribution in [0.4, 0.5) is 0 Å². The Hall–Kier alpha value is -1.10. The van der Waals surface area contributed by atoms with Crippen LogP contribution in [-0.4, -0.2) is 36.1 Å². The minimum absolute atomic E-state index is 0.0927. The zero-order valence-corrected chi connectivity index (χ0v) is 13.1. The number of carbonyl (C=O) groups is 1. The van der Waals surface area contributed by atoms with Crippen molar-refractivity contribution in [3.8, 4) is 0 Å². The minimum Gasteiger partial charge on any atom is -0.377 e. The van der Waals surface area contributed by atoms with Gasteiger partial charge in [-0.1, -0.05) is 23.7 Å².